The van der Waals surface area contributed by atoms with Crippen molar-refractivity contribution in [2.45, 2.75) is 19.8 Å². The minimum absolute atomic E-state index is 0.0567. The van der Waals surface area contributed by atoms with E-state index in [-0.39, 0.29) is 5.88 Å². The number of hydrogen-bond acceptors (Lipinski definition) is 5. The van der Waals surface area contributed by atoms with Crippen molar-refractivity contribution in [3.8, 4) is 23.2 Å². The molecule has 4 rings (SSSR count). The highest BCUT2D eigenvalue weighted by Gasteiger charge is 2.36. The van der Waals surface area contributed by atoms with Crippen molar-refractivity contribution < 1.29 is 4.74 Å². The smallest absolute Gasteiger partial charge is 0.244 e. The first-order valence-electron chi connectivity index (χ1n) is 7.99. The molecule has 3 aromatic rings. The Balaban J connectivity index is 2.00. The highest BCUT2D eigenvalue weighted by atomic mass is 35.5. The second-order valence-electron chi connectivity index (χ2n) is 6.09. The predicted molar refractivity (Wildman–Crippen MR) is 102 cm³/mol. The zero-order valence-electron chi connectivity index (χ0n) is 14.1. The summed E-state index contributed by atoms with van der Waals surface area (Å²) in [7, 11) is 0. The summed E-state index contributed by atoms with van der Waals surface area (Å²) in [5.41, 5.74) is 9.78. The average molecular weight is 383 g/mol. The van der Waals surface area contributed by atoms with Crippen LogP contribution in [0.2, 0.25) is 5.02 Å². The lowest BCUT2D eigenvalue weighted by atomic mass is 9.83. The maximum atomic E-state index is 9.73. The van der Waals surface area contributed by atoms with E-state index in [4.69, 9.17) is 22.1 Å². The summed E-state index contributed by atoms with van der Waals surface area (Å²) in [5, 5.41) is 17.7. The van der Waals surface area contributed by atoms with Gasteiger partial charge in [-0.25, -0.2) is 0 Å². The molecule has 0 fully saturated rings. The molecule has 1 unspecified atom stereocenters. The van der Waals surface area contributed by atoms with E-state index in [0.29, 0.717) is 16.5 Å². The Hall–Kier alpha value is -2.75. The Morgan fingerprint density at radius 1 is 1.35 bits per heavy atom. The van der Waals surface area contributed by atoms with Gasteiger partial charge in [-0.2, -0.15) is 5.26 Å². The number of nitrogens with two attached hydrogens (primary N) is 1. The molecule has 5 nitrogen and oxygen atoms in total. The number of nitriles is 1. The molecule has 0 saturated carbocycles. The van der Waals surface area contributed by atoms with Crippen LogP contribution in [0.15, 0.2) is 41.8 Å². The third-order valence-electron chi connectivity index (χ3n) is 4.47. The van der Waals surface area contributed by atoms with E-state index in [9.17, 15) is 5.26 Å². The molecule has 26 heavy (non-hydrogen) atoms. The highest BCUT2D eigenvalue weighted by Crippen LogP contribution is 2.48. The molecule has 0 spiro atoms. The van der Waals surface area contributed by atoms with Crippen molar-refractivity contribution >= 4 is 22.9 Å². The number of aromatic nitrogens is 2. The van der Waals surface area contributed by atoms with Crippen LogP contribution in [0.5, 0.6) is 5.88 Å². The van der Waals surface area contributed by atoms with E-state index < -0.39 is 5.92 Å². The normalized spacial score (nSPS) is 16.2. The van der Waals surface area contributed by atoms with E-state index in [1.165, 1.54) is 4.88 Å². The minimum atomic E-state index is -0.439. The molecule has 1 aliphatic rings. The third kappa shape index (κ3) is 2.48. The third-order valence-corrected chi connectivity index (χ3v) is 5.78. The molecule has 7 heteroatoms. The van der Waals surface area contributed by atoms with Crippen molar-refractivity contribution in [3.63, 3.8) is 0 Å². The standard InChI is InChI=1S/C19H15ClN4OS/c1-9-7-12(10(2)26-9)17-16-15(11-5-3-4-6-14(11)20)13(8-21)18(22)25-19(16)24-23-17/h3-7,15H,22H2,1-2H3,(H,23,24). The zero-order valence-corrected chi connectivity index (χ0v) is 15.7. The van der Waals surface area contributed by atoms with Gasteiger partial charge in [-0.1, -0.05) is 29.8 Å². The van der Waals surface area contributed by atoms with Crippen LogP contribution in [-0.2, 0) is 0 Å². The van der Waals surface area contributed by atoms with Gasteiger partial charge in [-0.15, -0.1) is 16.4 Å². The number of aryl methyl sites for hydroxylation is 2. The summed E-state index contributed by atoms with van der Waals surface area (Å²) in [5.74, 6) is -0.00308. The first-order valence-corrected chi connectivity index (χ1v) is 9.18. The van der Waals surface area contributed by atoms with Crippen molar-refractivity contribution in [2.24, 2.45) is 5.73 Å². The van der Waals surface area contributed by atoms with Gasteiger partial charge < -0.3 is 10.5 Å². The van der Waals surface area contributed by atoms with Gasteiger partial charge in [-0.3, -0.25) is 5.10 Å². The van der Waals surface area contributed by atoms with Crippen LogP contribution in [0.25, 0.3) is 11.3 Å². The Kier molecular flexibility index (Phi) is 3.98. The lowest BCUT2D eigenvalue weighted by Crippen LogP contribution is -2.21. The highest BCUT2D eigenvalue weighted by molar-refractivity contribution is 7.12. The van der Waals surface area contributed by atoms with Gasteiger partial charge in [-0.05, 0) is 31.5 Å². The van der Waals surface area contributed by atoms with E-state index in [0.717, 1.165) is 27.3 Å². The fourth-order valence-corrected chi connectivity index (χ4v) is 4.53. The van der Waals surface area contributed by atoms with Crippen LogP contribution < -0.4 is 10.5 Å². The first kappa shape index (κ1) is 16.7. The second kappa shape index (κ2) is 6.20. The summed E-state index contributed by atoms with van der Waals surface area (Å²) in [6.45, 7) is 4.12. The van der Waals surface area contributed by atoms with Gasteiger partial charge in [0.05, 0.1) is 17.2 Å². The minimum Gasteiger partial charge on any atom is -0.420 e. The predicted octanol–water partition coefficient (Wildman–Crippen LogP) is 4.63. The number of fused-ring (bicyclic) bond motifs is 1. The number of halogens is 1. The molecule has 0 saturated heterocycles. The monoisotopic (exact) mass is 382 g/mol. The first-order chi connectivity index (χ1) is 12.5. The van der Waals surface area contributed by atoms with E-state index >= 15 is 0 Å². The summed E-state index contributed by atoms with van der Waals surface area (Å²) >= 11 is 8.16. The van der Waals surface area contributed by atoms with Crippen molar-refractivity contribution in [1.29, 1.82) is 5.26 Å². The number of thiophene rings is 1. The maximum absolute atomic E-state index is 9.73. The van der Waals surface area contributed by atoms with Crippen molar-refractivity contribution in [3.05, 3.63) is 67.7 Å². The summed E-state index contributed by atoms with van der Waals surface area (Å²) < 4.78 is 5.63. The molecule has 0 amide bonds. The molecule has 1 aliphatic heterocycles. The Labute approximate surface area is 159 Å². The number of allylic oxidation sites excluding steroid dienone is 1. The molecule has 3 heterocycles. The molecule has 2 aromatic heterocycles. The Morgan fingerprint density at radius 3 is 2.77 bits per heavy atom. The van der Waals surface area contributed by atoms with Gasteiger partial charge in [0.25, 0.3) is 0 Å². The SMILES string of the molecule is Cc1cc(-c2[nH]nc3c2C(c2ccccc2Cl)C(C#N)=C(N)O3)c(C)s1. The van der Waals surface area contributed by atoms with Crippen LogP contribution in [0.4, 0.5) is 0 Å². The number of rotatable bonds is 2. The number of nitrogens with one attached hydrogen (secondary N) is 1. The fourth-order valence-electron chi connectivity index (χ4n) is 3.35. The van der Waals surface area contributed by atoms with Gasteiger partial charge >= 0.3 is 0 Å². The summed E-state index contributed by atoms with van der Waals surface area (Å²) in [4.78, 5) is 2.36. The summed E-state index contributed by atoms with van der Waals surface area (Å²) in [6.07, 6.45) is 0. The fraction of sp³-hybridized carbons (Fsp3) is 0.158. The van der Waals surface area contributed by atoms with Crippen LogP contribution in [0.3, 0.4) is 0 Å². The maximum Gasteiger partial charge on any atom is 0.244 e. The van der Waals surface area contributed by atoms with E-state index in [2.05, 4.69) is 36.2 Å². The number of aromatic amines is 1. The molecule has 1 atom stereocenters. The lowest BCUT2D eigenvalue weighted by molar-refractivity contribution is 0.379. The van der Waals surface area contributed by atoms with Gasteiger partial charge in [0.2, 0.25) is 11.8 Å². The number of nitrogens with zero attached hydrogens (tertiary/aromatic N) is 2. The number of benzene rings is 1. The van der Waals surface area contributed by atoms with Gasteiger partial charge in [0.1, 0.15) is 11.6 Å². The molecule has 0 radical (unpaired) electrons. The van der Waals surface area contributed by atoms with Crippen molar-refractivity contribution in [2.75, 3.05) is 0 Å². The molecular weight excluding hydrogens is 368 g/mol. The lowest BCUT2D eigenvalue weighted by Gasteiger charge is -2.24. The van der Waals surface area contributed by atoms with E-state index in [1.807, 2.05) is 18.2 Å². The molecule has 1 aromatic carbocycles. The number of ether oxygens (including phenoxy) is 1. The zero-order chi connectivity index (χ0) is 18.4. The molecule has 3 N–H and O–H groups in total. The van der Waals surface area contributed by atoms with Crippen LogP contribution >= 0.6 is 22.9 Å². The molecule has 0 aliphatic carbocycles. The Morgan fingerprint density at radius 2 is 2.12 bits per heavy atom. The number of H-pyrrole nitrogens is 1. The van der Waals surface area contributed by atoms with Gasteiger partial charge in [0.15, 0.2) is 0 Å². The molecule has 130 valence electrons. The largest absolute Gasteiger partial charge is 0.420 e. The topological polar surface area (TPSA) is 87.7 Å². The summed E-state index contributed by atoms with van der Waals surface area (Å²) in [6, 6.07) is 11.7. The Bertz CT molecular complexity index is 1090. The second-order valence-corrected chi connectivity index (χ2v) is 7.96. The van der Waals surface area contributed by atoms with E-state index in [1.54, 1.807) is 17.4 Å². The molecule has 0 bridgehead atoms. The van der Waals surface area contributed by atoms with Crippen LogP contribution in [0, 0.1) is 25.2 Å². The number of hydrogen-bond donors (Lipinski definition) is 2. The van der Waals surface area contributed by atoms with Crippen LogP contribution in [-0.4, -0.2) is 10.2 Å². The quantitative estimate of drug-likeness (QED) is 0.676. The molecular formula is C19H15ClN4OS. The van der Waals surface area contributed by atoms with Crippen LogP contribution in [0.1, 0.15) is 26.8 Å². The van der Waals surface area contributed by atoms with Gasteiger partial charge in [0, 0.05) is 20.3 Å². The average Bonchev–Trinajstić information content (AvgIpc) is 3.16. The van der Waals surface area contributed by atoms with Crippen molar-refractivity contribution in [1.82, 2.24) is 10.2 Å².